The average Bonchev–Trinajstić information content (AvgIpc) is 2.36. The van der Waals surface area contributed by atoms with E-state index in [1.165, 1.54) is 12.1 Å². The molecule has 0 saturated heterocycles. The maximum atomic E-state index is 11.6. The summed E-state index contributed by atoms with van der Waals surface area (Å²) in [6.07, 6.45) is 0. The largest absolute Gasteiger partial charge is 0.388 e. The van der Waals surface area contributed by atoms with Gasteiger partial charge in [0.25, 0.3) is 5.69 Å². The molecule has 0 unspecified atom stereocenters. The standard InChI is InChI=1S/C9H9NO7S/c11-5-7(12)6-17-18(15,16)9-4-2-1-3-8(9)10(13)14/h1-4,11H,5-6H2. The fourth-order valence-corrected chi connectivity index (χ4v) is 2.13. The molecule has 0 aliphatic rings. The van der Waals surface area contributed by atoms with Crippen LogP contribution in [0.15, 0.2) is 29.2 Å². The number of hydrogen-bond donors (Lipinski definition) is 1. The number of aliphatic hydroxyl groups is 1. The van der Waals surface area contributed by atoms with Crippen molar-refractivity contribution < 1.29 is 27.4 Å². The van der Waals surface area contributed by atoms with Crippen molar-refractivity contribution in [1.82, 2.24) is 0 Å². The molecule has 1 rings (SSSR count). The van der Waals surface area contributed by atoms with Crippen molar-refractivity contribution in [1.29, 1.82) is 0 Å². The third kappa shape index (κ3) is 3.32. The minimum absolute atomic E-state index is 0.638. The van der Waals surface area contributed by atoms with Crippen LogP contribution >= 0.6 is 0 Å². The lowest BCUT2D eigenvalue weighted by Crippen LogP contribution is -2.17. The number of para-hydroxylation sites is 1. The van der Waals surface area contributed by atoms with Crippen LogP contribution in [0.2, 0.25) is 0 Å². The van der Waals surface area contributed by atoms with Gasteiger partial charge in [-0.1, -0.05) is 12.1 Å². The molecule has 0 spiro atoms. The first-order valence-corrected chi connectivity index (χ1v) is 6.04. The van der Waals surface area contributed by atoms with E-state index in [0.29, 0.717) is 0 Å². The van der Waals surface area contributed by atoms with Crippen LogP contribution in [0.25, 0.3) is 0 Å². The van der Waals surface area contributed by atoms with Crippen LogP contribution in [-0.2, 0) is 19.1 Å². The van der Waals surface area contributed by atoms with Crippen LogP contribution < -0.4 is 0 Å². The van der Waals surface area contributed by atoms with Crippen molar-refractivity contribution in [2.75, 3.05) is 13.2 Å². The summed E-state index contributed by atoms with van der Waals surface area (Å²) in [5.74, 6) is -0.850. The van der Waals surface area contributed by atoms with E-state index >= 15 is 0 Å². The lowest BCUT2D eigenvalue weighted by molar-refractivity contribution is -0.387. The highest BCUT2D eigenvalue weighted by atomic mass is 32.2. The number of rotatable bonds is 6. The predicted octanol–water partition coefficient (Wildman–Crippen LogP) is -0.139. The number of nitro groups is 1. The zero-order valence-corrected chi connectivity index (χ0v) is 9.79. The maximum Gasteiger partial charge on any atom is 0.304 e. The second-order valence-corrected chi connectivity index (χ2v) is 4.72. The first-order valence-electron chi connectivity index (χ1n) is 4.64. The van der Waals surface area contributed by atoms with Crippen molar-refractivity contribution in [2.24, 2.45) is 0 Å². The molecular formula is C9H9NO7S. The normalized spacial score (nSPS) is 11.2. The minimum atomic E-state index is -4.41. The molecule has 0 fully saturated rings. The van der Waals surface area contributed by atoms with Crippen LogP contribution in [0.4, 0.5) is 5.69 Å². The van der Waals surface area contributed by atoms with E-state index in [9.17, 15) is 23.3 Å². The van der Waals surface area contributed by atoms with Gasteiger partial charge in [-0.15, -0.1) is 0 Å². The number of aliphatic hydroxyl groups excluding tert-OH is 1. The Morgan fingerprint density at radius 3 is 2.56 bits per heavy atom. The van der Waals surface area contributed by atoms with Gasteiger partial charge in [0.2, 0.25) is 0 Å². The minimum Gasteiger partial charge on any atom is -0.388 e. The molecule has 1 aromatic carbocycles. The quantitative estimate of drug-likeness (QED) is 0.435. The van der Waals surface area contributed by atoms with Gasteiger partial charge in [0.05, 0.1) is 4.92 Å². The third-order valence-corrected chi connectivity index (χ3v) is 3.19. The number of hydrogen-bond acceptors (Lipinski definition) is 7. The molecule has 0 heterocycles. The summed E-state index contributed by atoms with van der Waals surface area (Å²) >= 11 is 0. The van der Waals surface area contributed by atoms with Crippen molar-refractivity contribution in [3.05, 3.63) is 34.4 Å². The average molecular weight is 275 g/mol. The number of nitrogens with zero attached hydrogens (tertiary/aromatic N) is 1. The van der Waals surface area contributed by atoms with E-state index < -0.39 is 44.6 Å². The monoisotopic (exact) mass is 275 g/mol. The molecule has 98 valence electrons. The smallest absolute Gasteiger partial charge is 0.304 e. The second kappa shape index (κ2) is 5.67. The Morgan fingerprint density at radius 2 is 2.00 bits per heavy atom. The van der Waals surface area contributed by atoms with Crippen LogP contribution in [-0.4, -0.2) is 37.4 Å². The summed E-state index contributed by atoms with van der Waals surface area (Å²) in [6, 6.07) is 4.59. The van der Waals surface area contributed by atoms with Gasteiger partial charge in [-0.05, 0) is 6.07 Å². The van der Waals surface area contributed by atoms with E-state index in [2.05, 4.69) is 4.18 Å². The van der Waals surface area contributed by atoms with Crippen LogP contribution in [0.3, 0.4) is 0 Å². The van der Waals surface area contributed by atoms with Gasteiger partial charge in [-0.25, -0.2) is 0 Å². The molecule has 0 bridgehead atoms. The van der Waals surface area contributed by atoms with Crippen molar-refractivity contribution in [3.8, 4) is 0 Å². The highest BCUT2D eigenvalue weighted by Gasteiger charge is 2.26. The Kier molecular flexibility index (Phi) is 4.48. The van der Waals surface area contributed by atoms with Gasteiger partial charge in [0, 0.05) is 6.07 Å². The molecule has 0 atom stereocenters. The summed E-state index contributed by atoms with van der Waals surface area (Å²) in [4.78, 5) is 19.9. The Hall–Kier alpha value is -1.84. The molecule has 0 aliphatic carbocycles. The number of Topliss-reactive ketones (excluding diaryl/α,β-unsaturated/α-hetero) is 1. The van der Waals surface area contributed by atoms with E-state index in [1.54, 1.807) is 0 Å². The lowest BCUT2D eigenvalue weighted by atomic mass is 10.3. The third-order valence-electron chi connectivity index (χ3n) is 1.88. The Morgan fingerprint density at radius 1 is 1.39 bits per heavy atom. The molecule has 8 nitrogen and oxygen atoms in total. The number of benzene rings is 1. The highest BCUT2D eigenvalue weighted by Crippen LogP contribution is 2.24. The molecule has 9 heteroatoms. The molecule has 0 aromatic heterocycles. The summed E-state index contributed by atoms with van der Waals surface area (Å²) in [5, 5.41) is 19.1. The molecule has 1 N–H and O–H groups in total. The lowest BCUT2D eigenvalue weighted by Gasteiger charge is -2.04. The first-order chi connectivity index (χ1) is 8.38. The maximum absolute atomic E-state index is 11.6. The molecule has 1 aromatic rings. The van der Waals surface area contributed by atoms with E-state index in [4.69, 9.17) is 5.11 Å². The predicted molar refractivity (Wildman–Crippen MR) is 58.3 cm³/mol. The van der Waals surface area contributed by atoms with Gasteiger partial charge in [0.1, 0.15) is 13.2 Å². The topological polar surface area (TPSA) is 124 Å². The second-order valence-electron chi connectivity index (χ2n) is 3.14. The molecular weight excluding hydrogens is 266 g/mol. The molecule has 0 amide bonds. The van der Waals surface area contributed by atoms with Crippen molar-refractivity contribution >= 4 is 21.6 Å². The molecule has 0 aliphatic heterocycles. The van der Waals surface area contributed by atoms with Crippen LogP contribution in [0.1, 0.15) is 0 Å². The van der Waals surface area contributed by atoms with E-state index in [1.807, 2.05) is 0 Å². The fraction of sp³-hybridized carbons (Fsp3) is 0.222. The van der Waals surface area contributed by atoms with Gasteiger partial charge >= 0.3 is 10.1 Å². The summed E-state index contributed by atoms with van der Waals surface area (Å²) in [5.41, 5.74) is -0.644. The summed E-state index contributed by atoms with van der Waals surface area (Å²) < 4.78 is 27.6. The first kappa shape index (κ1) is 14.2. The Labute approximate surface area is 102 Å². The van der Waals surface area contributed by atoms with Gasteiger partial charge < -0.3 is 5.11 Å². The molecule has 0 radical (unpaired) electrons. The molecule has 0 saturated carbocycles. The summed E-state index contributed by atoms with van der Waals surface area (Å²) in [7, 11) is -4.41. The fourth-order valence-electron chi connectivity index (χ4n) is 1.07. The number of carbonyl (C=O) groups excluding carboxylic acids is 1. The van der Waals surface area contributed by atoms with Gasteiger partial charge in [-0.3, -0.25) is 19.1 Å². The molecule has 18 heavy (non-hydrogen) atoms. The SMILES string of the molecule is O=C(CO)COS(=O)(=O)c1ccccc1[N+](=O)[O-]. The van der Waals surface area contributed by atoms with Crippen LogP contribution in [0, 0.1) is 10.1 Å². The number of ketones is 1. The number of nitro benzene ring substituents is 1. The van der Waals surface area contributed by atoms with Gasteiger partial charge in [0.15, 0.2) is 10.7 Å². The zero-order chi connectivity index (χ0) is 13.8. The Bertz CT molecular complexity index is 566. The van der Waals surface area contributed by atoms with Crippen LogP contribution in [0.5, 0.6) is 0 Å². The Balaban J connectivity index is 3.05. The summed E-state index contributed by atoms with van der Waals surface area (Å²) in [6.45, 7) is -1.74. The van der Waals surface area contributed by atoms with E-state index in [-0.39, 0.29) is 0 Å². The highest BCUT2D eigenvalue weighted by molar-refractivity contribution is 7.87. The zero-order valence-electron chi connectivity index (χ0n) is 8.98. The van der Waals surface area contributed by atoms with Crippen molar-refractivity contribution in [2.45, 2.75) is 4.90 Å². The van der Waals surface area contributed by atoms with Crippen molar-refractivity contribution in [3.63, 3.8) is 0 Å². The van der Waals surface area contributed by atoms with Gasteiger partial charge in [-0.2, -0.15) is 8.42 Å². The van der Waals surface area contributed by atoms with E-state index in [0.717, 1.165) is 12.1 Å². The number of carbonyl (C=O) groups is 1.